The highest BCUT2D eigenvalue weighted by atomic mass is 16.6. The Balaban J connectivity index is 1.40. The SMILES string of the molecule is CCCC(=O)N1CCC(NCC(O)C2COc3ccccc3O2)CC1. The maximum atomic E-state index is 11.9. The Labute approximate surface area is 149 Å². The lowest BCUT2D eigenvalue weighted by Crippen LogP contribution is -2.50. The van der Waals surface area contributed by atoms with E-state index in [-0.39, 0.29) is 12.0 Å². The molecule has 6 heteroatoms. The Morgan fingerprint density at radius 3 is 2.76 bits per heavy atom. The topological polar surface area (TPSA) is 71.0 Å². The molecule has 3 rings (SSSR count). The second-order valence-corrected chi connectivity index (χ2v) is 6.79. The number of benzene rings is 1. The van der Waals surface area contributed by atoms with Crippen LogP contribution in [0.3, 0.4) is 0 Å². The Morgan fingerprint density at radius 2 is 2.04 bits per heavy atom. The largest absolute Gasteiger partial charge is 0.486 e. The summed E-state index contributed by atoms with van der Waals surface area (Å²) < 4.78 is 11.5. The molecule has 0 spiro atoms. The van der Waals surface area contributed by atoms with Crippen LogP contribution in [0.2, 0.25) is 0 Å². The zero-order valence-corrected chi connectivity index (χ0v) is 14.8. The molecule has 2 heterocycles. The number of hydrogen-bond donors (Lipinski definition) is 2. The molecule has 2 N–H and O–H groups in total. The third kappa shape index (κ3) is 4.64. The predicted octanol–water partition coefficient (Wildman–Crippen LogP) is 1.57. The molecule has 0 saturated carbocycles. The Bertz CT molecular complexity index is 572. The van der Waals surface area contributed by atoms with Gasteiger partial charge in [-0.05, 0) is 31.4 Å². The van der Waals surface area contributed by atoms with E-state index >= 15 is 0 Å². The summed E-state index contributed by atoms with van der Waals surface area (Å²) in [7, 11) is 0. The maximum Gasteiger partial charge on any atom is 0.222 e. The molecule has 1 aromatic rings. The van der Waals surface area contributed by atoms with E-state index in [2.05, 4.69) is 5.32 Å². The summed E-state index contributed by atoms with van der Waals surface area (Å²) >= 11 is 0. The Kier molecular flexibility index (Phi) is 6.15. The van der Waals surface area contributed by atoms with Crippen LogP contribution in [0.25, 0.3) is 0 Å². The van der Waals surface area contributed by atoms with Gasteiger partial charge in [0.1, 0.15) is 12.7 Å². The van der Waals surface area contributed by atoms with Gasteiger partial charge in [0.25, 0.3) is 0 Å². The highest BCUT2D eigenvalue weighted by Crippen LogP contribution is 2.31. The van der Waals surface area contributed by atoms with E-state index in [1.54, 1.807) is 0 Å². The van der Waals surface area contributed by atoms with E-state index in [9.17, 15) is 9.90 Å². The number of nitrogens with zero attached hydrogens (tertiary/aromatic N) is 1. The van der Waals surface area contributed by atoms with Crippen LogP contribution in [0.5, 0.6) is 11.5 Å². The van der Waals surface area contributed by atoms with Crippen molar-refractivity contribution in [1.29, 1.82) is 0 Å². The van der Waals surface area contributed by atoms with Crippen molar-refractivity contribution in [3.8, 4) is 11.5 Å². The van der Waals surface area contributed by atoms with Crippen LogP contribution in [-0.2, 0) is 4.79 Å². The number of aliphatic hydroxyl groups excluding tert-OH is 1. The predicted molar refractivity (Wildman–Crippen MR) is 94.9 cm³/mol. The van der Waals surface area contributed by atoms with Crippen molar-refractivity contribution in [1.82, 2.24) is 10.2 Å². The highest BCUT2D eigenvalue weighted by molar-refractivity contribution is 5.76. The number of nitrogens with one attached hydrogen (secondary N) is 1. The summed E-state index contributed by atoms with van der Waals surface area (Å²) in [5.74, 6) is 1.66. The first-order valence-electron chi connectivity index (χ1n) is 9.25. The minimum Gasteiger partial charge on any atom is -0.486 e. The summed E-state index contributed by atoms with van der Waals surface area (Å²) in [4.78, 5) is 13.9. The van der Waals surface area contributed by atoms with Crippen LogP contribution in [0.15, 0.2) is 24.3 Å². The molecule has 6 nitrogen and oxygen atoms in total. The quantitative estimate of drug-likeness (QED) is 0.817. The van der Waals surface area contributed by atoms with Gasteiger partial charge in [-0.1, -0.05) is 19.1 Å². The summed E-state index contributed by atoms with van der Waals surface area (Å²) in [5, 5.41) is 13.8. The number of likely N-dealkylation sites (tertiary alicyclic amines) is 1. The van der Waals surface area contributed by atoms with Gasteiger partial charge in [0, 0.05) is 32.1 Å². The minimum absolute atomic E-state index is 0.257. The van der Waals surface area contributed by atoms with Crippen LogP contribution in [0.4, 0.5) is 0 Å². The lowest BCUT2D eigenvalue weighted by Gasteiger charge is -2.34. The van der Waals surface area contributed by atoms with Crippen LogP contribution < -0.4 is 14.8 Å². The number of carbonyl (C=O) groups is 1. The van der Waals surface area contributed by atoms with E-state index in [1.807, 2.05) is 36.1 Å². The summed E-state index contributed by atoms with van der Waals surface area (Å²) in [6.07, 6.45) is 2.38. The second-order valence-electron chi connectivity index (χ2n) is 6.79. The molecule has 0 radical (unpaired) electrons. The third-order valence-corrected chi connectivity index (χ3v) is 4.89. The molecule has 2 unspecified atom stereocenters. The summed E-state index contributed by atoms with van der Waals surface area (Å²) in [5.41, 5.74) is 0. The van der Waals surface area contributed by atoms with E-state index < -0.39 is 6.10 Å². The van der Waals surface area contributed by atoms with Crippen molar-refractivity contribution >= 4 is 5.91 Å². The molecule has 0 aliphatic carbocycles. The molecular formula is C19H28N2O4. The molecule has 2 aliphatic heterocycles. The lowest BCUT2D eigenvalue weighted by atomic mass is 10.0. The number of amides is 1. The fourth-order valence-corrected chi connectivity index (χ4v) is 3.35. The molecule has 25 heavy (non-hydrogen) atoms. The van der Waals surface area contributed by atoms with Gasteiger partial charge in [0.2, 0.25) is 5.91 Å². The lowest BCUT2D eigenvalue weighted by molar-refractivity contribution is -0.132. The average Bonchev–Trinajstić information content (AvgIpc) is 2.66. The Hall–Kier alpha value is -1.79. The zero-order valence-electron chi connectivity index (χ0n) is 14.8. The normalized spacial score (nSPS) is 21.8. The molecule has 1 amide bonds. The molecule has 1 saturated heterocycles. The summed E-state index contributed by atoms with van der Waals surface area (Å²) in [6.45, 7) is 4.43. The molecule has 1 aromatic carbocycles. The number of fused-ring (bicyclic) bond motifs is 1. The molecule has 0 aromatic heterocycles. The van der Waals surface area contributed by atoms with E-state index in [0.29, 0.717) is 31.4 Å². The van der Waals surface area contributed by atoms with Crippen molar-refractivity contribution in [2.75, 3.05) is 26.2 Å². The van der Waals surface area contributed by atoms with E-state index in [1.165, 1.54) is 0 Å². The van der Waals surface area contributed by atoms with Crippen molar-refractivity contribution in [2.24, 2.45) is 0 Å². The van der Waals surface area contributed by atoms with Crippen molar-refractivity contribution in [2.45, 2.75) is 50.9 Å². The van der Waals surface area contributed by atoms with Gasteiger partial charge in [0.05, 0.1) is 0 Å². The van der Waals surface area contributed by atoms with Gasteiger partial charge in [-0.15, -0.1) is 0 Å². The maximum absolute atomic E-state index is 11.9. The minimum atomic E-state index is -0.631. The highest BCUT2D eigenvalue weighted by Gasteiger charge is 2.29. The average molecular weight is 348 g/mol. The first kappa shape index (κ1) is 18.0. The first-order valence-corrected chi connectivity index (χ1v) is 9.25. The zero-order chi connectivity index (χ0) is 17.6. The number of ether oxygens (including phenoxy) is 2. The van der Waals surface area contributed by atoms with Gasteiger partial charge >= 0.3 is 0 Å². The number of aliphatic hydroxyl groups is 1. The molecule has 2 atom stereocenters. The fraction of sp³-hybridized carbons (Fsp3) is 0.632. The first-order chi connectivity index (χ1) is 12.2. The molecule has 2 aliphatic rings. The van der Waals surface area contributed by atoms with Gasteiger partial charge in [-0.25, -0.2) is 0 Å². The van der Waals surface area contributed by atoms with Gasteiger partial charge in [-0.2, -0.15) is 0 Å². The second kappa shape index (κ2) is 8.54. The van der Waals surface area contributed by atoms with Gasteiger partial charge in [0.15, 0.2) is 17.6 Å². The third-order valence-electron chi connectivity index (χ3n) is 4.89. The van der Waals surface area contributed by atoms with Crippen molar-refractivity contribution in [3.63, 3.8) is 0 Å². The van der Waals surface area contributed by atoms with Crippen LogP contribution in [0, 0.1) is 0 Å². The number of hydrogen-bond acceptors (Lipinski definition) is 5. The van der Waals surface area contributed by atoms with Gasteiger partial charge < -0.3 is 24.8 Å². The van der Waals surface area contributed by atoms with Crippen LogP contribution >= 0.6 is 0 Å². The number of carbonyl (C=O) groups excluding carboxylic acids is 1. The number of rotatable bonds is 6. The van der Waals surface area contributed by atoms with Crippen LogP contribution in [0.1, 0.15) is 32.6 Å². The molecular weight excluding hydrogens is 320 g/mol. The van der Waals surface area contributed by atoms with Crippen molar-refractivity contribution in [3.05, 3.63) is 24.3 Å². The van der Waals surface area contributed by atoms with Crippen LogP contribution in [-0.4, -0.2) is 60.4 Å². The van der Waals surface area contributed by atoms with E-state index in [0.717, 1.165) is 38.1 Å². The van der Waals surface area contributed by atoms with Crippen molar-refractivity contribution < 1.29 is 19.4 Å². The Morgan fingerprint density at radius 1 is 1.32 bits per heavy atom. The molecule has 0 bridgehead atoms. The molecule has 138 valence electrons. The molecule has 1 fully saturated rings. The fourth-order valence-electron chi connectivity index (χ4n) is 3.35. The van der Waals surface area contributed by atoms with E-state index in [4.69, 9.17) is 9.47 Å². The standard InChI is InChI=1S/C19H28N2O4/c1-2-5-19(23)21-10-8-14(9-11-21)20-12-15(22)18-13-24-16-6-3-4-7-17(16)25-18/h3-4,6-7,14-15,18,20,22H,2,5,8-13H2,1H3. The smallest absolute Gasteiger partial charge is 0.222 e. The van der Waals surface area contributed by atoms with Gasteiger partial charge in [-0.3, -0.25) is 4.79 Å². The monoisotopic (exact) mass is 348 g/mol. The number of para-hydroxylation sites is 2. The number of piperidine rings is 1. The summed E-state index contributed by atoms with van der Waals surface area (Å²) in [6, 6.07) is 7.84.